The topological polar surface area (TPSA) is 45.4 Å². The Bertz CT molecular complexity index is 330. The molecule has 0 spiro atoms. The van der Waals surface area contributed by atoms with Crippen molar-refractivity contribution in [1.82, 2.24) is 9.88 Å². The lowest BCUT2D eigenvalue weighted by Gasteiger charge is -2.37. The van der Waals surface area contributed by atoms with Crippen LogP contribution < -0.4 is 10.6 Å². The van der Waals surface area contributed by atoms with Gasteiger partial charge in [-0.25, -0.2) is 4.98 Å². The first-order chi connectivity index (χ1) is 7.70. The van der Waals surface area contributed by atoms with Gasteiger partial charge in [-0.1, -0.05) is 0 Å². The van der Waals surface area contributed by atoms with Crippen LogP contribution in [0.15, 0.2) is 5.38 Å². The zero-order valence-electron chi connectivity index (χ0n) is 10.0. The number of rotatable bonds is 3. The Morgan fingerprint density at radius 1 is 1.44 bits per heavy atom. The van der Waals surface area contributed by atoms with Gasteiger partial charge < -0.3 is 10.6 Å². The monoisotopic (exact) mass is 240 g/mol. The molecule has 0 aliphatic carbocycles. The van der Waals surface area contributed by atoms with Crippen LogP contribution in [0, 0.1) is 6.92 Å². The number of piperazine rings is 1. The van der Waals surface area contributed by atoms with Crippen LogP contribution in [-0.2, 0) is 0 Å². The second-order valence-electron chi connectivity index (χ2n) is 4.38. The molecule has 1 aliphatic rings. The fraction of sp³-hybridized carbons (Fsp3) is 0.727. The maximum Gasteiger partial charge on any atom is 0.185 e. The molecule has 0 aromatic carbocycles. The van der Waals surface area contributed by atoms with Crippen molar-refractivity contribution in [3.63, 3.8) is 0 Å². The van der Waals surface area contributed by atoms with E-state index in [-0.39, 0.29) is 0 Å². The van der Waals surface area contributed by atoms with Crippen LogP contribution >= 0.6 is 11.3 Å². The molecule has 4 nitrogen and oxygen atoms in total. The molecule has 1 saturated heterocycles. The molecule has 0 saturated carbocycles. The Balaban J connectivity index is 1.90. The van der Waals surface area contributed by atoms with Crippen LogP contribution in [0.1, 0.15) is 12.6 Å². The molecule has 2 heterocycles. The number of hydrogen-bond acceptors (Lipinski definition) is 5. The summed E-state index contributed by atoms with van der Waals surface area (Å²) in [7, 11) is 0. The highest BCUT2D eigenvalue weighted by molar-refractivity contribution is 7.13. The lowest BCUT2D eigenvalue weighted by molar-refractivity contribution is 0.201. The van der Waals surface area contributed by atoms with Gasteiger partial charge in [0.2, 0.25) is 0 Å². The van der Waals surface area contributed by atoms with E-state index in [2.05, 4.69) is 27.1 Å². The number of anilines is 1. The summed E-state index contributed by atoms with van der Waals surface area (Å²) in [5, 5.41) is 3.28. The van der Waals surface area contributed by atoms with Gasteiger partial charge in [-0.05, 0) is 13.8 Å². The van der Waals surface area contributed by atoms with E-state index in [1.807, 2.05) is 6.92 Å². The van der Waals surface area contributed by atoms with Gasteiger partial charge in [-0.3, -0.25) is 4.90 Å². The van der Waals surface area contributed by atoms with Gasteiger partial charge in [-0.15, -0.1) is 11.3 Å². The molecule has 90 valence electrons. The predicted octanol–water partition coefficient (Wildman–Crippen LogP) is 0.921. The molecule has 2 N–H and O–H groups in total. The van der Waals surface area contributed by atoms with Crippen LogP contribution in [0.5, 0.6) is 0 Å². The fourth-order valence-electron chi connectivity index (χ4n) is 1.99. The zero-order valence-corrected chi connectivity index (χ0v) is 10.8. The summed E-state index contributed by atoms with van der Waals surface area (Å²) in [6, 6.07) is 0.500. The van der Waals surface area contributed by atoms with Crippen molar-refractivity contribution in [2.45, 2.75) is 19.9 Å². The molecular formula is C11H20N4S. The summed E-state index contributed by atoms with van der Waals surface area (Å²) in [6.07, 6.45) is 0. The zero-order chi connectivity index (χ0) is 11.5. The van der Waals surface area contributed by atoms with Crippen molar-refractivity contribution >= 4 is 16.5 Å². The Labute approximate surface area is 101 Å². The van der Waals surface area contributed by atoms with Gasteiger partial charge in [0.05, 0.1) is 5.69 Å². The SMILES string of the molecule is Cc1csc(N2CCN(C(C)CN)CC2)n1. The Morgan fingerprint density at radius 2 is 2.12 bits per heavy atom. The molecule has 0 radical (unpaired) electrons. The normalized spacial score (nSPS) is 20.1. The Morgan fingerprint density at radius 3 is 2.62 bits per heavy atom. The minimum absolute atomic E-state index is 0.500. The smallest absolute Gasteiger partial charge is 0.185 e. The highest BCUT2D eigenvalue weighted by Crippen LogP contribution is 2.21. The van der Waals surface area contributed by atoms with Gasteiger partial charge in [0, 0.05) is 44.1 Å². The molecule has 1 aromatic rings. The Kier molecular flexibility index (Phi) is 3.78. The van der Waals surface area contributed by atoms with Gasteiger partial charge in [0.15, 0.2) is 5.13 Å². The van der Waals surface area contributed by atoms with Crippen LogP contribution in [0.25, 0.3) is 0 Å². The molecule has 0 amide bonds. The van der Waals surface area contributed by atoms with E-state index in [1.54, 1.807) is 11.3 Å². The van der Waals surface area contributed by atoms with E-state index >= 15 is 0 Å². The first-order valence-electron chi connectivity index (χ1n) is 5.82. The summed E-state index contributed by atoms with van der Waals surface area (Å²) in [4.78, 5) is 9.35. The van der Waals surface area contributed by atoms with Crippen LogP contribution in [-0.4, -0.2) is 48.6 Å². The molecule has 16 heavy (non-hydrogen) atoms. The lowest BCUT2D eigenvalue weighted by atomic mass is 10.2. The summed E-state index contributed by atoms with van der Waals surface area (Å²) in [5.74, 6) is 0. The number of aromatic nitrogens is 1. The van der Waals surface area contributed by atoms with E-state index in [0.29, 0.717) is 6.04 Å². The maximum absolute atomic E-state index is 5.69. The Hall–Kier alpha value is -0.650. The summed E-state index contributed by atoms with van der Waals surface area (Å²) in [6.45, 7) is 9.31. The number of hydrogen-bond donors (Lipinski definition) is 1. The van der Waals surface area contributed by atoms with Crippen molar-refractivity contribution in [2.75, 3.05) is 37.6 Å². The molecular weight excluding hydrogens is 220 g/mol. The first kappa shape index (κ1) is 11.8. The average molecular weight is 240 g/mol. The molecule has 1 aromatic heterocycles. The molecule has 2 rings (SSSR count). The van der Waals surface area contributed by atoms with E-state index in [1.165, 1.54) is 0 Å². The number of nitrogens with two attached hydrogens (primary N) is 1. The third kappa shape index (κ3) is 2.53. The minimum atomic E-state index is 0.500. The van der Waals surface area contributed by atoms with E-state index in [0.717, 1.165) is 43.5 Å². The van der Waals surface area contributed by atoms with E-state index < -0.39 is 0 Å². The first-order valence-corrected chi connectivity index (χ1v) is 6.70. The molecule has 1 atom stereocenters. The number of thiazole rings is 1. The van der Waals surface area contributed by atoms with Crippen molar-refractivity contribution in [1.29, 1.82) is 0 Å². The summed E-state index contributed by atoms with van der Waals surface area (Å²) >= 11 is 1.74. The van der Waals surface area contributed by atoms with Crippen molar-refractivity contribution in [2.24, 2.45) is 5.73 Å². The standard InChI is InChI=1S/C11H20N4S/c1-9-8-16-11(13-9)15-5-3-14(4-6-15)10(2)7-12/h8,10H,3-7,12H2,1-2H3. The van der Waals surface area contributed by atoms with Crippen LogP contribution in [0.4, 0.5) is 5.13 Å². The van der Waals surface area contributed by atoms with Crippen molar-refractivity contribution in [3.05, 3.63) is 11.1 Å². The second kappa shape index (κ2) is 5.12. The van der Waals surface area contributed by atoms with Crippen molar-refractivity contribution < 1.29 is 0 Å². The molecule has 1 unspecified atom stereocenters. The highest BCUT2D eigenvalue weighted by Gasteiger charge is 2.21. The predicted molar refractivity (Wildman–Crippen MR) is 69.2 cm³/mol. The molecule has 1 fully saturated rings. The average Bonchev–Trinajstić information content (AvgIpc) is 2.75. The van der Waals surface area contributed by atoms with Crippen LogP contribution in [0.2, 0.25) is 0 Å². The molecule has 5 heteroatoms. The molecule has 0 bridgehead atoms. The lowest BCUT2D eigenvalue weighted by Crippen LogP contribution is -2.51. The third-order valence-electron chi connectivity index (χ3n) is 3.16. The molecule has 1 aliphatic heterocycles. The van der Waals surface area contributed by atoms with Crippen LogP contribution in [0.3, 0.4) is 0 Å². The van der Waals surface area contributed by atoms with Gasteiger partial charge in [-0.2, -0.15) is 0 Å². The second-order valence-corrected chi connectivity index (χ2v) is 5.22. The minimum Gasteiger partial charge on any atom is -0.346 e. The summed E-state index contributed by atoms with van der Waals surface area (Å²) < 4.78 is 0. The summed E-state index contributed by atoms with van der Waals surface area (Å²) in [5.41, 5.74) is 6.81. The van der Waals surface area contributed by atoms with Gasteiger partial charge in [0.1, 0.15) is 0 Å². The highest BCUT2D eigenvalue weighted by atomic mass is 32.1. The van der Waals surface area contributed by atoms with Crippen molar-refractivity contribution in [3.8, 4) is 0 Å². The van der Waals surface area contributed by atoms with E-state index in [9.17, 15) is 0 Å². The third-order valence-corrected chi connectivity index (χ3v) is 4.18. The van der Waals surface area contributed by atoms with E-state index in [4.69, 9.17) is 5.73 Å². The quantitative estimate of drug-likeness (QED) is 0.853. The van der Waals surface area contributed by atoms with Gasteiger partial charge in [0.25, 0.3) is 0 Å². The van der Waals surface area contributed by atoms with Gasteiger partial charge >= 0.3 is 0 Å². The fourth-order valence-corrected chi connectivity index (χ4v) is 2.85. The number of aryl methyl sites for hydroxylation is 1. The maximum atomic E-state index is 5.69. The largest absolute Gasteiger partial charge is 0.346 e. The number of nitrogens with zero attached hydrogens (tertiary/aromatic N) is 3.